The molecule has 6 nitrogen and oxygen atoms in total. The van der Waals surface area contributed by atoms with E-state index in [2.05, 4.69) is 15.2 Å². The Morgan fingerprint density at radius 3 is 2.78 bits per heavy atom. The Morgan fingerprint density at radius 1 is 1.26 bits per heavy atom. The quantitative estimate of drug-likeness (QED) is 0.850. The molecule has 23 heavy (non-hydrogen) atoms. The number of aromatic hydroxyl groups is 1. The van der Waals surface area contributed by atoms with Crippen LogP contribution in [0.25, 0.3) is 0 Å². The first-order valence-electron chi connectivity index (χ1n) is 7.53. The molecule has 0 aliphatic carbocycles. The molecule has 0 saturated carbocycles. The van der Waals surface area contributed by atoms with Crippen LogP contribution in [0.2, 0.25) is 0 Å². The highest BCUT2D eigenvalue weighted by Gasteiger charge is 2.14. The molecule has 1 aliphatic rings. The third kappa shape index (κ3) is 3.60. The summed E-state index contributed by atoms with van der Waals surface area (Å²) in [6, 6.07) is 8.44. The van der Waals surface area contributed by atoms with E-state index in [4.69, 9.17) is 4.74 Å². The minimum absolute atomic E-state index is 0.202. The molecular weight excluding hydrogens is 294 g/mol. The van der Waals surface area contributed by atoms with E-state index in [1.54, 1.807) is 43.5 Å². The molecule has 0 radical (unpaired) electrons. The monoisotopic (exact) mass is 313 g/mol. The van der Waals surface area contributed by atoms with Crippen LogP contribution in [-0.4, -0.2) is 42.3 Å². The highest BCUT2D eigenvalue weighted by atomic mass is 16.5. The summed E-state index contributed by atoms with van der Waals surface area (Å²) in [7, 11) is 0. The van der Waals surface area contributed by atoms with Gasteiger partial charge in [0, 0.05) is 30.5 Å². The Hall–Kier alpha value is -2.60. The normalized spacial score (nSPS) is 14.6. The van der Waals surface area contributed by atoms with Crippen molar-refractivity contribution in [3.63, 3.8) is 0 Å². The molecule has 6 heteroatoms. The number of morpholine rings is 1. The summed E-state index contributed by atoms with van der Waals surface area (Å²) in [5.74, 6) is 0.788. The van der Waals surface area contributed by atoms with E-state index in [9.17, 15) is 9.90 Å². The van der Waals surface area contributed by atoms with Crippen LogP contribution in [0.5, 0.6) is 5.75 Å². The van der Waals surface area contributed by atoms with Gasteiger partial charge in [-0.05, 0) is 42.8 Å². The third-order valence-corrected chi connectivity index (χ3v) is 3.80. The fourth-order valence-corrected chi connectivity index (χ4v) is 2.46. The number of phenols is 1. The van der Waals surface area contributed by atoms with Gasteiger partial charge in [-0.1, -0.05) is 0 Å². The minimum Gasteiger partial charge on any atom is -0.508 e. The Kier molecular flexibility index (Phi) is 4.43. The zero-order valence-corrected chi connectivity index (χ0v) is 13.0. The maximum Gasteiger partial charge on any atom is 0.255 e. The number of rotatable bonds is 3. The van der Waals surface area contributed by atoms with Crippen LogP contribution in [-0.2, 0) is 4.74 Å². The van der Waals surface area contributed by atoms with Gasteiger partial charge in [-0.15, -0.1) is 0 Å². The molecule has 3 rings (SSSR count). The maximum atomic E-state index is 12.4. The van der Waals surface area contributed by atoms with E-state index >= 15 is 0 Å². The predicted molar refractivity (Wildman–Crippen MR) is 88.1 cm³/mol. The first-order chi connectivity index (χ1) is 11.1. The van der Waals surface area contributed by atoms with E-state index in [1.807, 2.05) is 0 Å². The van der Waals surface area contributed by atoms with Gasteiger partial charge in [0.1, 0.15) is 11.6 Å². The number of phenolic OH excluding ortho intramolecular Hbond substituents is 1. The number of carbonyl (C=O) groups excluding carboxylic acids is 1. The van der Waals surface area contributed by atoms with Gasteiger partial charge >= 0.3 is 0 Å². The summed E-state index contributed by atoms with van der Waals surface area (Å²) in [6.07, 6.45) is 1.64. The number of ether oxygens (including phenoxy) is 1. The Balaban J connectivity index is 1.75. The van der Waals surface area contributed by atoms with Gasteiger partial charge in [-0.25, -0.2) is 4.98 Å². The summed E-state index contributed by atoms with van der Waals surface area (Å²) in [4.78, 5) is 18.8. The lowest BCUT2D eigenvalue weighted by Crippen LogP contribution is -2.36. The maximum absolute atomic E-state index is 12.4. The van der Waals surface area contributed by atoms with Gasteiger partial charge < -0.3 is 20.1 Å². The van der Waals surface area contributed by atoms with Crippen LogP contribution in [0.1, 0.15) is 15.9 Å². The molecule has 0 spiro atoms. The number of hydrogen-bond acceptors (Lipinski definition) is 5. The van der Waals surface area contributed by atoms with Crippen molar-refractivity contribution in [2.75, 3.05) is 36.5 Å². The fraction of sp³-hybridized carbons (Fsp3) is 0.294. The predicted octanol–water partition coefficient (Wildman–Crippen LogP) is 2.18. The Bertz CT molecular complexity index is 712. The van der Waals surface area contributed by atoms with Crippen LogP contribution in [0, 0.1) is 6.92 Å². The Morgan fingerprint density at radius 2 is 2.04 bits per heavy atom. The molecule has 1 saturated heterocycles. The average molecular weight is 313 g/mol. The molecule has 2 heterocycles. The second-order valence-corrected chi connectivity index (χ2v) is 5.46. The molecule has 2 aromatic rings. The van der Waals surface area contributed by atoms with Crippen LogP contribution < -0.4 is 10.2 Å². The molecule has 2 N–H and O–H groups in total. The second-order valence-electron chi connectivity index (χ2n) is 5.46. The standard InChI is InChI=1S/C17H19N3O3/c1-12-10-14(2-3-15(12)21)19-17(22)13-4-5-18-16(11-13)20-6-8-23-9-7-20/h2-5,10-11,21H,6-9H2,1H3,(H,19,22). The number of anilines is 2. The molecule has 1 aromatic heterocycles. The number of pyridine rings is 1. The number of amides is 1. The van der Waals surface area contributed by atoms with Crippen molar-refractivity contribution < 1.29 is 14.6 Å². The highest BCUT2D eigenvalue weighted by molar-refractivity contribution is 6.04. The smallest absolute Gasteiger partial charge is 0.255 e. The third-order valence-electron chi connectivity index (χ3n) is 3.80. The van der Waals surface area contributed by atoms with Gasteiger partial charge in [-0.2, -0.15) is 0 Å². The number of aryl methyl sites for hydroxylation is 1. The first kappa shape index (κ1) is 15.3. The number of nitrogens with one attached hydrogen (secondary N) is 1. The molecule has 1 aromatic carbocycles. The number of nitrogens with zero attached hydrogens (tertiary/aromatic N) is 2. The average Bonchev–Trinajstić information content (AvgIpc) is 2.59. The molecule has 1 aliphatic heterocycles. The van der Waals surface area contributed by atoms with Crippen LogP contribution >= 0.6 is 0 Å². The van der Waals surface area contributed by atoms with E-state index in [0.717, 1.165) is 18.9 Å². The van der Waals surface area contributed by atoms with Crippen molar-refractivity contribution in [2.45, 2.75) is 6.92 Å². The number of hydrogen-bond donors (Lipinski definition) is 2. The lowest BCUT2D eigenvalue weighted by atomic mass is 10.2. The molecule has 0 bridgehead atoms. The lowest BCUT2D eigenvalue weighted by molar-refractivity contribution is 0.102. The number of aromatic nitrogens is 1. The summed E-state index contributed by atoms with van der Waals surface area (Å²) in [5, 5.41) is 12.4. The van der Waals surface area contributed by atoms with Crippen molar-refractivity contribution in [1.82, 2.24) is 4.98 Å². The van der Waals surface area contributed by atoms with Gasteiger partial charge in [0.25, 0.3) is 5.91 Å². The van der Waals surface area contributed by atoms with Crippen LogP contribution in [0.3, 0.4) is 0 Å². The summed E-state index contributed by atoms with van der Waals surface area (Å²) in [6.45, 7) is 4.67. The SMILES string of the molecule is Cc1cc(NC(=O)c2ccnc(N3CCOCC3)c2)ccc1O. The number of benzene rings is 1. The first-order valence-corrected chi connectivity index (χ1v) is 7.53. The van der Waals surface area contributed by atoms with Crippen LogP contribution in [0.4, 0.5) is 11.5 Å². The molecule has 0 unspecified atom stereocenters. The van der Waals surface area contributed by atoms with E-state index < -0.39 is 0 Å². The fourth-order valence-electron chi connectivity index (χ4n) is 2.46. The van der Waals surface area contributed by atoms with Gasteiger partial charge in [0.05, 0.1) is 13.2 Å². The topological polar surface area (TPSA) is 74.7 Å². The Labute approximate surface area is 134 Å². The summed E-state index contributed by atoms with van der Waals surface area (Å²) in [5.41, 5.74) is 1.91. The highest BCUT2D eigenvalue weighted by Crippen LogP contribution is 2.21. The molecule has 1 amide bonds. The molecule has 0 atom stereocenters. The van der Waals surface area contributed by atoms with Crippen LogP contribution in [0.15, 0.2) is 36.5 Å². The van der Waals surface area contributed by atoms with E-state index in [-0.39, 0.29) is 11.7 Å². The van der Waals surface area contributed by atoms with Crippen molar-refractivity contribution in [3.05, 3.63) is 47.7 Å². The van der Waals surface area contributed by atoms with Crippen molar-refractivity contribution in [2.24, 2.45) is 0 Å². The van der Waals surface area contributed by atoms with Gasteiger partial charge in [0.15, 0.2) is 0 Å². The minimum atomic E-state index is -0.202. The zero-order chi connectivity index (χ0) is 16.2. The zero-order valence-electron chi connectivity index (χ0n) is 13.0. The lowest BCUT2D eigenvalue weighted by Gasteiger charge is -2.27. The largest absolute Gasteiger partial charge is 0.508 e. The van der Waals surface area contributed by atoms with Crippen molar-refractivity contribution in [3.8, 4) is 5.75 Å². The molecular formula is C17H19N3O3. The van der Waals surface area contributed by atoms with Gasteiger partial charge in [0.2, 0.25) is 0 Å². The summed E-state index contributed by atoms with van der Waals surface area (Å²) < 4.78 is 5.33. The second kappa shape index (κ2) is 6.66. The van der Waals surface area contributed by atoms with E-state index in [1.165, 1.54) is 0 Å². The van der Waals surface area contributed by atoms with Crippen molar-refractivity contribution >= 4 is 17.4 Å². The molecule has 1 fully saturated rings. The summed E-state index contributed by atoms with van der Waals surface area (Å²) >= 11 is 0. The van der Waals surface area contributed by atoms with Gasteiger partial charge in [-0.3, -0.25) is 4.79 Å². The van der Waals surface area contributed by atoms with E-state index in [0.29, 0.717) is 30.0 Å². The van der Waals surface area contributed by atoms with Crippen molar-refractivity contribution in [1.29, 1.82) is 0 Å². The number of carbonyl (C=O) groups is 1. The molecule has 120 valence electrons.